The predicted octanol–water partition coefficient (Wildman–Crippen LogP) is 2.43. The van der Waals surface area contributed by atoms with Crippen LogP contribution in [-0.4, -0.2) is 38.3 Å². The second-order valence-electron chi connectivity index (χ2n) is 5.13. The molecule has 0 aromatic carbocycles. The van der Waals surface area contributed by atoms with E-state index in [4.69, 9.17) is 0 Å². The van der Waals surface area contributed by atoms with Gasteiger partial charge in [-0.1, -0.05) is 0 Å². The van der Waals surface area contributed by atoms with Crippen LogP contribution in [0.1, 0.15) is 22.6 Å². The number of thiazole rings is 1. The van der Waals surface area contributed by atoms with Gasteiger partial charge in [0.05, 0.1) is 0 Å². The topological polar surface area (TPSA) is 113 Å². The van der Waals surface area contributed by atoms with E-state index in [-0.39, 0.29) is 14.7 Å². The number of nitrogens with zero attached hydrogens (tertiary/aromatic N) is 3. The van der Waals surface area contributed by atoms with Gasteiger partial charge < -0.3 is 15.6 Å². The highest BCUT2D eigenvalue weighted by Gasteiger charge is 2.12. The molecule has 3 aromatic heterocycles. The molecular formula is C15H20N6O2S. The summed E-state index contributed by atoms with van der Waals surface area (Å²) in [7, 11) is 0. The highest BCUT2D eigenvalue weighted by atomic mass is 32.1. The summed E-state index contributed by atoms with van der Waals surface area (Å²) in [5, 5.41) is 8.68. The number of hydrogen-bond donors (Lipinski definition) is 3. The summed E-state index contributed by atoms with van der Waals surface area (Å²) < 4.78 is 0. The molecule has 0 saturated carbocycles. The minimum absolute atomic E-state index is 0. The van der Waals surface area contributed by atoms with Crippen LogP contribution in [0.4, 0.5) is 5.13 Å². The van der Waals surface area contributed by atoms with Crippen LogP contribution < -0.4 is 10.6 Å². The Morgan fingerprint density at radius 2 is 2.25 bits per heavy atom. The number of amides is 2. The molecule has 3 rings (SSSR count). The Kier molecular flexibility index (Phi) is 4.80. The van der Waals surface area contributed by atoms with E-state index >= 15 is 0 Å². The monoisotopic (exact) mass is 348 g/mol. The third-order valence-electron chi connectivity index (χ3n) is 3.30. The smallest absolute Gasteiger partial charge is 0.226 e. The van der Waals surface area contributed by atoms with Gasteiger partial charge in [0.15, 0.2) is 5.13 Å². The number of aromatic nitrogens is 4. The molecular weight excluding hydrogens is 328 g/mol. The molecule has 0 bridgehead atoms. The Morgan fingerprint density at radius 3 is 3.08 bits per heavy atom. The minimum Gasteiger partial charge on any atom is -0.356 e. The van der Waals surface area contributed by atoms with Crippen molar-refractivity contribution in [3.05, 3.63) is 24.0 Å². The van der Waals surface area contributed by atoms with Gasteiger partial charge in [0.2, 0.25) is 11.8 Å². The molecule has 0 radical (unpaired) electrons. The summed E-state index contributed by atoms with van der Waals surface area (Å²) in [6, 6.07) is 1.89. The summed E-state index contributed by atoms with van der Waals surface area (Å²) in [5.41, 5.74) is 2.17. The first-order valence-corrected chi connectivity index (χ1v) is 8.30. The third kappa shape index (κ3) is 3.74. The number of hydrogen-bond acceptors (Lipinski definition) is 6. The molecule has 2 amide bonds. The van der Waals surface area contributed by atoms with Crippen molar-refractivity contribution in [2.45, 2.75) is 19.8 Å². The molecule has 0 fully saturated rings. The maximum atomic E-state index is 11.9. The van der Waals surface area contributed by atoms with E-state index < -0.39 is 0 Å². The van der Waals surface area contributed by atoms with Crippen LogP contribution in [0.2, 0.25) is 0 Å². The van der Waals surface area contributed by atoms with Gasteiger partial charge in [-0.3, -0.25) is 9.59 Å². The maximum Gasteiger partial charge on any atom is 0.226 e. The van der Waals surface area contributed by atoms with E-state index in [0.717, 1.165) is 16.7 Å². The maximum absolute atomic E-state index is 11.9. The highest BCUT2D eigenvalue weighted by molar-refractivity contribution is 7.14. The number of fused-ring (bicyclic) bond motifs is 1. The molecule has 0 spiro atoms. The highest BCUT2D eigenvalue weighted by Crippen LogP contribution is 2.28. The first-order chi connectivity index (χ1) is 11.6. The van der Waals surface area contributed by atoms with Gasteiger partial charge in [0, 0.05) is 39.7 Å². The van der Waals surface area contributed by atoms with E-state index in [1.54, 1.807) is 6.20 Å². The van der Waals surface area contributed by atoms with Crippen molar-refractivity contribution in [3.8, 4) is 11.4 Å². The summed E-state index contributed by atoms with van der Waals surface area (Å²) in [6.45, 7) is 1.93. The van der Waals surface area contributed by atoms with Gasteiger partial charge in [0.25, 0.3) is 0 Å². The first-order valence-electron chi connectivity index (χ1n) is 7.42. The van der Waals surface area contributed by atoms with Crippen LogP contribution in [-0.2, 0) is 9.59 Å². The zero-order valence-electron chi connectivity index (χ0n) is 13.0. The summed E-state index contributed by atoms with van der Waals surface area (Å²) in [5.74, 6) is -0.225. The molecule has 0 atom stereocenters. The SMILES string of the molecule is CC(=O)NCCCC(=O)Nc1nc(-c2ncnc3[nH]ccc23)cs1.[HH].[HH]. The van der Waals surface area contributed by atoms with Crippen LogP contribution in [0.5, 0.6) is 0 Å². The van der Waals surface area contributed by atoms with Gasteiger partial charge in [-0.15, -0.1) is 11.3 Å². The fourth-order valence-corrected chi connectivity index (χ4v) is 2.92. The Balaban J connectivity index is 0.00000169. The second kappa shape index (κ2) is 7.18. The zero-order chi connectivity index (χ0) is 16.9. The summed E-state index contributed by atoms with van der Waals surface area (Å²) >= 11 is 1.34. The third-order valence-corrected chi connectivity index (χ3v) is 4.06. The minimum atomic E-state index is -0.129. The Labute approximate surface area is 144 Å². The summed E-state index contributed by atoms with van der Waals surface area (Å²) in [4.78, 5) is 38.5. The van der Waals surface area contributed by atoms with E-state index in [0.29, 0.717) is 30.2 Å². The molecule has 3 N–H and O–H groups in total. The molecule has 3 heterocycles. The molecule has 0 unspecified atom stereocenters. The number of H-pyrrole nitrogens is 1. The van der Waals surface area contributed by atoms with Crippen LogP contribution in [0.3, 0.4) is 0 Å². The average Bonchev–Trinajstić information content (AvgIpc) is 3.20. The van der Waals surface area contributed by atoms with E-state index in [1.807, 2.05) is 11.4 Å². The average molecular weight is 348 g/mol. The van der Waals surface area contributed by atoms with Crippen LogP contribution in [0.25, 0.3) is 22.4 Å². The number of carbonyl (C=O) groups is 2. The van der Waals surface area contributed by atoms with Crippen molar-refractivity contribution in [3.63, 3.8) is 0 Å². The van der Waals surface area contributed by atoms with Crippen LogP contribution in [0, 0.1) is 0 Å². The van der Waals surface area contributed by atoms with E-state index in [9.17, 15) is 9.59 Å². The molecule has 0 saturated heterocycles. The van der Waals surface area contributed by atoms with Crippen molar-refractivity contribution >= 4 is 39.3 Å². The number of rotatable bonds is 6. The molecule has 9 heteroatoms. The quantitative estimate of drug-likeness (QED) is 0.592. The molecule has 3 aromatic rings. The molecule has 0 aliphatic heterocycles. The van der Waals surface area contributed by atoms with Crippen molar-refractivity contribution < 1.29 is 12.4 Å². The molecule has 0 aliphatic carbocycles. The number of aromatic amines is 1. The standard InChI is InChI=1S/C15H16N6O2S.2H2/c1-9(22)16-5-2-3-12(23)21-15-20-11(7-24-15)13-10-4-6-17-14(10)19-8-18-13;;/h4,6-8H,2-3,5H2,1H3,(H,16,22)(H,17,18,19)(H,20,21,23);2*1H. The van der Waals surface area contributed by atoms with Gasteiger partial charge >= 0.3 is 0 Å². The fourth-order valence-electron chi connectivity index (χ4n) is 2.21. The number of carbonyl (C=O) groups excluding carboxylic acids is 2. The lowest BCUT2D eigenvalue weighted by atomic mass is 10.2. The van der Waals surface area contributed by atoms with E-state index in [1.165, 1.54) is 24.6 Å². The molecule has 0 aliphatic rings. The van der Waals surface area contributed by atoms with Gasteiger partial charge in [-0.25, -0.2) is 15.0 Å². The van der Waals surface area contributed by atoms with Gasteiger partial charge in [-0.2, -0.15) is 0 Å². The van der Waals surface area contributed by atoms with Gasteiger partial charge in [-0.05, 0) is 12.5 Å². The van der Waals surface area contributed by atoms with E-state index in [2.05, 4.69) is 30.6 Å². The van der Waals surface area contributed by atoms with Crippen LogP contribution in [0.15, 0.2) is 24.0 Å². The molecule has 24 heavy (non-hydrogen) atoms. The Bertz CT molecular complexity index is 882. The number of anilines is 1. The Morgan fingerprint density at radius 1 is 1.38 bits per heavy atom. The summed E-state index contributed by atoms with van der Waals surface area (Å²) in [6.07, 6.45) is 4.19. The second-order valence-corrected chi connectivity index (χ2v) is 5.99. The fraction of sp³-hybridized carbons (Fsp3) is 0.267. The van der Waals surface area contributed by atoms with Crippen molar-refractivity contribution in [1.82, 2.24) is 25.3 Å². The molecule has 128 valence electrons. The normalized spacial score (nSPS) is 10.7. The molecule has 8 nitrogen and oxygen atoms in total. The van der Waals surface area contributed by atoms with Crippen LogP contribution >= 0.6 is 11.3 Å². The lowest BCUT2D eigenvalue weighted by Gasteiger charge is -2.02. The predicted molar refractivity (Wildman–Crippen MR) is 95.8 cm³/mol. The van der Waals surface area contributed by atoms with Crippen molar-refractivity contribution in [1.29, 1.82) is 0 Å². The lowest BCUT2D eigenvalue weighted by Crippen LogP contribution is -2.22. The zero-order valence-corrected chi connectivity index (χ0v) is 13.8. The largest absolute Gasteiger partial charge is 0.356 e. The van der Waals surface area contributed by atoms with Gasteiger partial charge in [0.1, 0.15) is 23.4 Å². The number of nitrogens with one attached hydrogen (secondary N) is 3. The first kappa shape index (κ1) is 16.1. The van der Waals surface area contributed by atoms with Crippen molar-refractivity contribution in [2.75, 3.05) is 11.9 Å². The van der Waals surface area contributed by atoms with Crippen molar-refractivity contribution in [2.24, 2.45) is 0 Å². The Hall–Kier alpha value is -2.81. The lowest BCUT2D eigenvalue weighted by molar-refractivity contribution is -0.119.